The molecule has 1 amide bonds. The largest absolute Gasteiger partial charge is 0.481 e. The minimum Gasteiger partial charge on any atom is -0.481 e. The predicted molar refractivity (Wildman–Crippen MR) is 91.7 cm³/mol. The first-order chi connectivity index (χ1) is 11.0. The topological polar surface area (TPSA) is 68.9 Å². The van der Waals surface area contributed by atoms with E-state index < -0.39 is 6.10 Å². The van der Waals surface area contributed by atoms with Crippen LogP contribution in [0, 0.1) is 11.5 Å². The molecule has 1 fully saturated rings. The zero-order chi connectivity index (χ0) is 16.8. The van der Waals surface area contributed by atoms with E-state index in [1.807, 2.05) is 4.90 Å². The van der Waals surface area contributed by atoms with E-state index in [2.05, 4.69) is 17.6 Å². The minimum absolute atomic E-state index is 0.0717. The van der Waals surface area contributed by atoms with E-state index in [-0.39, 0.29) is 5.91 Å². The first-order valence-corrected chi connectivity index (χ1v) is 7.95. The molecule has 0 bridgehead atoms. The molecular weight excluding hydrogens is 336 g/mol. The lowest BCUT2D eigenvalue weighted by atomic mass is 10.2. The summed E-state index contributed by atoms with van der Waals surface area (Å²) in [5.41, 5.74) is 0. The van der Waals surface area contributed by atoms with Gasteiger partial charge in [0.1, 0.15) is 5.75 Å². The van der Waals surface area contributed by atoms with E-state index in [0.717, 1.165) is 0 Å². The molecule has 0 N–H and O–H groups in total. The quantitative estimate of drug-likeness (QED) is 0.391. The molecule has 122 valence electrons. The fourth-order valence-electron chi connectivity index (χ4n) is 2.27. The maximum atomic E-state index is 12.4. The van der Waals surface area contributed by atoms with Gasteiger partial charge in [-0.1, -0.05) is 11.6 Å². The molecule has 0 aliphatic carbocycles. The van der Waals surface area contributed by atoms with Gasteiger partial charge in [0.25, 0.3) is 5.91 Å². The summed E-state index contributed by atoms with van der Waals surface area (Å²) in [6.45, 7) is 3.98. The van der Waals surface area contributed by atoms with Crippen LogP contribution in [0.1, 0.15) is 6.92 Å². The summed E-state index contributed by atoms with van der Waals surface area (Å²) in [6.07, 6.45) is 1.13. The summed E-state index contributed by atoms with van der Waals surface area (Å²) < 4.78 is 5.65. The van der Waals surface area contributed by atoms with Crippen LogP contribution in [0.15, 0.2) is 29.3 Å². The highest BCUT2D eigenvalue weighted by molar-refractivity contribution is 7.96. The van der Waals surface area contributed by atoms with Crippen LogP contribution >= 0.6 is 24.2 Å². The number of carbonyl (C=O) groups excluding carboxylic acids is 1. The average Bonchev–Trinajstić information content (AvgIpc) is 2.56. The number of nitriles is 1. The van der Waals surface area contributed by atoms with Crippen LogP contribution in [0.3, 0.4) is 0 Å². The molecule has 8 heteroatoms. The van der Waals surface area contributed by atoms with Crippen LogP contribution in [-0.2, 0) is 4.79 Å². The monoisotopic (exact) mass is 352 g/mol. The Hall–Kier alpha value is -1.91. The number of hydrogen-bond acceptors (Lipinski definition) is 4. The Kier molecular flexibility index (Phi) is 6.13. The van der Waals surface area contributed by atoms with Crippen molar-refractivity contribution in [3.8, 4) is 11.9 Å². The number of thiol groups is 1. The van der Waals surface area contributed by atoms with E-state index in [0.29, 0.717) is 42.1 Å². The van der Waals surface area contributed by atoms with Crippen molar-refractivity contribution in [1.29, 1.82) is 5.26 Å². The molecule has 1 aliphatic heterocycles. The number of ether oxygens (including phenoxy) is 1. The number of piperazine rings is 1. The number of amides is 1. The van der Waals surface area contributed by atoms with Crippen molar-refractivity contribution in [3.05, 3.63) is 29.3 Å². The molecule has 0 aromatic heterocycles. The Morgan fingerprint density at radius 2 is 1.87 bits per heavy atom. The predicted octanol–water partition coefficient (Wildman–Crippen LogP) is 2.02. The van der Waals surface area contributed by atoms with Crippen LogP contribution in [0.25, 0.3) is 0 Å². The maximum absolute atomic E-state index is 12.4. The molecule has 2 rings (SSSR count). The first kappa shape index (κ1) is 17.4. The molecule has 1 unspecified atom stereocenters. The number of benzene rings is 1. The molecule has 1 aliphatic rings. The van der Waals surface area contributed by atoms with Gasteiger partial charge in [0.2, 0.25) is 6.19 Å². The highest BCUT2D eigenvalue weighted by Crippen LogP contribution is 2.17. The number of halogens is 1. The summed E-state index contributed by atoms with van der Waals surface area (Å²) in [4.78, 5) is 19.6. The van der Waals surface area contributed by atoms with E-state index in [4.69, 9.17) is 21.6 Å². The van der Waals surface area contributed by atoms with Crippen molar-refractivity contribution in [2.75, 3.05) is 26.2 Å². The second-order valence-electron chi connectivity index (χ2n) is 5.04. The van der Waals surface area contributed by atoms with Crippen molar-refractivity contribution in [2.24, 2.45) is 4.99 Å². The molecule has 0 saturated carbocycles. The molecule has 1 heterocycles. The third-order valence-electron chi connectivity index (χ3n) is 3.50. The van der Waals surface area contributed by atoms with Gasteiger partial charge in [0.05, 0.1) is 0 Å². The highest BCUT2D eigenvalue weighted by atomic mass is 35.5. The molecule has 6 nitrogen and oxygen atoms in total. The third kappa shape index (κ3) is 4.78. The zero-order valence-electron chi connectivity index (χ0n) is 12.6. The Morgan fingerprint density at radius 3 is 2.43 bits per heavy atom. The Bertz CT molecular complexity index is 621. The summed E-state index contributed by atoms with van der Waals surface area (Å²) in [5.74, 6) is 0.533. The van der Waals surface area contributed by atoms with Gasteiger partial charge < -0.3 is 14.5 Å². The standard InChI is InChI=1S/C15H17ClN4O2S/c1-11(22-13-4-2-12(16)3-5-13)14(21)19-6-8-20(9-7-19)15(23)18-10-17/h2-5,11H,6-9H2,1H3,(H,18,23). The number of aliphatic imine (C=N–C) groups is 1. The van der Waals surface area contributed by atoms with Crippen LogP contribution in [0.2, 0.25) is 5.02 Å². The molecule has 23 heavy (non-hydrogen) atoms. The summed E-state index contributed by atoms with van der Waals surface area (Å²) >= 11 is 9.99. The van der Waals surface area contributed by atoms with Crippen LogP contribution in [0.5, 0.6) is 5.75 Å². The lowest BCUT2D eigenvalue weighted by Crippen LogP contribution is -2.52. The fourth-order valence-corrected chi connectivity index (χ4v) is 2.64. The minimum atomic E-state index is -0.578. The van der Waals surface area contributed by atoms with Gasteiger partial charge in [0.15, 0.2) is 11.3 Å². The highest BCUT2D eigenvalue weighted by Gasteiger charge is 2.26. The van der Waals surface area contributed by atoms with Gasteiger partial charge in [-0.2, -0.15) is 5.26 Å². The van der Waals surface area contributed by atoms with Gasteiger partial charge in [-0.25, -0.2) is 0 Å². The van der Waals surface area contributed by atoms with E-state index >= 15 is 0 Å². The number of nitrogens with zero attached hydrogens (tertiary/aromatic N) is 4. The molecule has 0 spiro atoms. The van der Waals surface area contributed by atoms with E-state index in [9.17, 15) is 4.79 Å². The molecule has 1 saturated heterocycles. The van der Waals surface area contributed by atoms with Crippen molar-refractivity contribution in [3.63, 3.8) is 0 Å². The van der Waals surface area contributed by atoms with Gasteiger partial charge in [-0.3, -0.25) is 4.79 Å². The second kappa shape index (κ2) is 8.09. The van der Waals surface area contributed by atoms with Crippen LogP contribution in [0.4, 0.5) is 0 Å². The van der Waals surface area contributed by atoms with E-state index in [1.54, 1.807) is 42.3 Å². The van der Waals surface area contributed by atoms with Gasteiger partial charge in [-0.05, 0) is 31.2 Å². The van der Waals surface area contributed by atoms with Gasteiger partial charge in [-0.15, -0.1) is 17.6 Å². The van der Waals surface area contributed by atoms with Crippen molar-refractivity contribution in [2.45, 2.75) is 13.0 Å². The molecular formula is C15H17ClN4O2S. The lowest BCUT2D eigenvalue weighted by Gasteiger charge is -2.36. The van der Waals surface area contributed by atoms with Gasteiger partial charge >= 0.3 is 0 Å². The Labute approximate surface area is 145 Å². The first-order valence-electron chi connectivity index (χ1n) is 7.13. The number of amidine groups is 1. The van der Waals surface area contributed by atoms with E-state index in [1.165, 1.54) is 0 Å². The summed E-state index contributed by atoms with van der Waals surface area (Å²) in [6, 6.07) is 6.90. The van der Waals surface area contributed by atoms with Crippen molar-refractivity contribution >= 4 is 35.3 Å². The molecule has 1 aromatic rings. The maximum Gasteiger partial charge on any atom is 0.263 e. The summed E-state index contributed by atoms with van der Waals surface area (Å²) in [5, 5.41) is 9.53. The Balaban J connectivity index is 1.88. The number of rotatable bonds is 3. The van der Waals surface area contributed by atoms with Crippen molar-refractivity contribution < 1.29 is 9.53 Å². The number of carbonyl (C=O) groups is 1. The number of hydrogen-bond donors (Lipinski definition) is 1. The Morgan fingerprint density at radius 1 is 1.30 bits per heavy atom. The smallest absolute Gasteiger partial charge is 0.263 e. The lowest BCUT2D eigenvalue weighted by molar-refractivity contribution is -0.139. The molecule has 0 radical (unpaired) electrons. The molecule has 1 aromatic carbocycles. The third-order valence-corrected chi connectivity index (χ3v) is 4.13. The van der Waals surface area contributed by atoms with Crippen molar-refractivity contribution in [1.82, 2.24) is 9.80 Å². The second-order valence-corrected chi connectivity index (χ2v) is 5.87. The normalized spacial score (nSPS) is 16.7. The zero-order valence-corrected chi connectivity index (χ0v) is 14.3. The fraction of sp³-hybridized carbons (Fsp3) is 0.400. The van der Waals surface area contributed by atoms with Crippen LogP contribution in [-0.4, -0.2) is 53.2 Å². The van der Waals surface area contributed by atoms with Gasteiger partial charge in [0, 0.05) is 31.2 Å². The SMILES string of the molecule is CC(Oc1ccc(Cl)cc1)C(=O)N1CCN(C(S)=NC#N)CC1. The summed E-state index contributed by atoms with van der Waals surface area (Å²) in [7, 11) is 0. The van der Waals surface area contributed by atoms with Crippen LogP contribution < -0.4 is 4.74 Å². The average molecular weight is 353 g/mol. The molecule has 1 atom stereocenters.